The number of hydrogen-bond donors (Lipinski definition) is 1. The lowest BCUT2D eigenvalue weighted by molar-refractivity contribution is 0.102. The molecule has 0 saturated carbocycles. The third kappa shape index (κ3) is 4.47. The van der Waals surface area contributed by atoms with E-state index >= 15 is 0 Å². The molecule has 1 aliphatic heterocycles. The van der Waals surface area contributed by atoms with Gasteiger partial charge in [-0.15, -0.1) is 0 Å². The maximum atomic E-state index is 13.3. The molecule has 0 radical (unpaired) electrons. The molecule has 6 nitrogen and oxygen atoms in total. The summed E-state index contributed by atoms with van der Waals surface area (Å²) in [6.07, 6.45) is 1.85. The maximum absolute atomic E-state index is 13.3. The average molecular weight is 397 g/mol. The van der Waals surface area contributed by atoms with Gasteiger partial charge in [0.15, 0.2) is 17.3 Å². The van der Waals surface area contributed by atoms with Crippen molar-refractivity contribution in [1.82, 2.24) is 0 Å². The van der Waals surface area contributed by atoms with E-state index in [0.717, 1.165) is 5.56 Å². The van der Waals surface area contributed by atoms with E-state index in [9.17, 15) is 4.79 Å². The molecule has 0 saturated heterocycles. The van der Waals surface area contributed by atoms with Crippen LogP contribution in [0.4, 0.5) is 5.69 Å². The summed E-state index contributed by atoms with van der Waals surface area (Å²) in [5.74, 6) is 2.32. The SMILES string of the molecule is CCOc1cc(C(=O)C(=Cc2cc3c(cc2OC)OCCO3)C(C)C)ccc1N. The number of Topliss-reactive ketones (excluding diaryl/α,β-unsaturated/α-hetero) is 1. The molecule has 1 heterocycles. The Morgan fingerprint density at radius 2 is 1.83 bits per heavy atom. The van der Waals surface area contributed by atoms with Crippen molar-refractivity contribution in [2.75, 3.05) is 32.7 Å². The minimum Gasteiger partial charge on any atom is -0.496 e. The molecule has 0 amide bonds. The van der Waals surface area contributed by atoms with Gasteiger partial charge in [-0.25, -0.2) is 0 Å². The molecule has 0 bridgehead atoms. The van der Waals surface area contributed by atoms with Crippen LogP contribution in [0.5, 0.6) is 23.0 Å². The van der Waals surface area contributed by atoms with Crippen molar-refractivity contribution in [2.45, 2.75) is 20.8 Å². The first-order valence-corrected chi connectivity index (χ1v) is 9.70. The quantitative estimate of drug-likeness (QED) is 0.425. The Morgan fingerprint density at radius 1 is 1.14 bits per heavy atom. The summed E-state index contributed by atoms with van der Waals surface area (Å²) in [7, 11) is 1.59. The van der Waals surface area contributed by atoms with E-state index in [1.54, 1.807) is 31.4 Å². The number of carbonyl (C=O) groups is 1. The van der Waals surface area contributed by atoms with Crippen LogP contribution in [0.25, 0.3) is 6.08 Å². The summed E-state index contributed by atoms with van der Waals surface area (Å²) in [6, 6.07) is 8.74. The Morgan fingerprint density at radius 3 is 2.45 bits per heavy atom. The number of nitrogen functional groups attached to an aromatic ring is 1. The van der Waals surface area contributed by atoms with Crippen molar-refractivity contribution < 1.29 is 23.7 Å². The van der Waals surface area contributed by atoms with Crippen molar-refractivity contribution in [3.05, 3.63) is 47.0 Å². The molecule has 0 unspecified atom stereocenters. The van der Waals surface area contributed by atoms with Crippen LogP contribution in [-0.2, 0) is 0 Å². The summed E-state index contributed by atoms with van der Waals surface area (Å²) < 4.78 is 22.4. The lowest BCUT2D eigenvalue weighted by atomic mass is 9.92. The van der Waals surface area contributed by atoms with Gasteiger partial charge in [-0.05, 0) is 43.2 Å². The standard InChI is InChI=1S/C23H27NO5/c1-5-27-20-11-15(6-7-18(20)24)23(25)17(14(2)3)10-16-12-21-22(13-19(16)26-4)29-9-8-28-21/h6-7,10-14H,5,8-9,24H2,1-4H3. The van der Waals surface area contributed by atoms with Crippen LogP contribution < -0.4 is 24.7 Å². The van der Waals surface area contributed by atoms with Gasteiger partial charge in [0, 0.05) is 22.8 Å². The number of carbonyl (C=O) groups excluding carboxylic acids is 1. The van der Waals surface area contributed by atoms with Crippen molar-refractivity contribution in [3.8, 4) is 23.0 Å². The number of rotatable bonds is 7. The zero-order valence-electron chi connectivity index (χ0n) is 17.3. The third-order valence-corrected chi connectivity index (χ3v) is 4.67. The fourth-order valence-corrected chi connectivity index (χ4v) is 3.16. The second-order valence-electron chi connectivity index (χ2n) is 7.01. The highest BCUT2D eigenvalue weighted by atomic mass is 16.6. The summed E-state index contributed by atoms with van der Waals surface area (Å²) in [5.41, 5.74) is 8.38. The largest absolute Gasteiger partial charge is 0.496 e. The smallest absolute Gasteiger partial charge is 0.189 e. The highest BCUT2D eigenvalue weighted by molar-refractivity contribution is 6.12. The van der Waals surface area contributed by atoms with E-state index in [1.165, 1.54) is 0 Å². The predicted octanol–water partition coefficient (Wildman–Crippen LogP) is 4.37. The Labute approximate surface area is 171 Å². The molecule has 0 atom stereocenters. The lowest BCUT2D eigenvalue weighted by Gasteiger charge is -2.20. The molecule has 3 rings (SSSR count). The van der Waals surface area contributed by atoms with Crippen molar-refractivity contribution in [1.29, 1.82) is 0 Å². The molecule has 0 aliphatic carbocycles. The molecule has 0 fully saturated rings. The van der Waals surface area contributed by atoms with Crippen molar-refractivity contribution in [2.24, 2.45) is 5.92 Å². The zero-order chi connectivity index (χ0) is 21.0. The van der Waals surface area contributed by atoms with E-state index in [2.05, 4.69) is 0 Å². The van der Waals surface area contributed by atoms with Gasteiger partial charge in [-0.2, -0.15) is 0 Å². The lowest BCUT2D eigenvalue weighted by Crippen LogP contribution is -2.15. The Kier molecular flexibility index (Phi) is 6.32. The molecule has 2 N–H and O–H groups in total. The first-order valence-electron chi connectivity index (χ1n) is 9.70. The monoisotopic (exact) mass is 397 g/mol. The number of ether oxygens (including phenoxy) is 4. The van der Waals surface area contributed by atoms with E-state index in [4.69, 9.17) is 24.7 Å². The number of benzene rings is 2. The van der Waals surface area contributed by atoms with Gasteiger partial charge in [-0.3, -0.25) is 4.79 Å². The third-order valence-electron chi connectivity index (χ3n) is 4.67. The molecule has 2 aromatic rings. The first-order chi connectivity index (χ1) is 13.9. The molecular weight excluding hydrogens is 370 g/mol. The van der Waals surface area contributed by atoms with E-state index < -0.39 is 0 Å². The summed E-state index contributed by atoms with van der Waals surface area (Å²) >= 11 is 0. The summed E-state index contributed by atoms with van der Waals surface area (Å²) in [6.45, 7) is 7.30. The molecule has 0 aromatic heterocycles. The van der Waals surface area contributed by atoms with Gasteiger partial charge in [0.1, 0.15) is 24.7 Å². The minimum absolute atomic E-state index is 0.00602. The number of allylic oxidation sites excluding steroid dienone is 1. The topological polar surface area (TPSA) is 80.0 Å². The molecule has 1 aliphatic rings. The fraction of sp³-hybridized carbons (Fsp3) is 0.348. The molecule has 29 heavy (non-hydrogen) atoms. The fourth-order valence-electron chi connectivity index (χ4n) is 3.16. The van der Waals surface area contributed by atoms with Crippen LogP contribution in [0.15, 0.2) is 35.9 Å². The zero-order valence-corrected chi connectivity index (χ0v) is 17.3. The minimum atomic E-state index is -0.0853. The summed E-state index contributed by atoms with van der Waals surface area (Å²) in [4.78, 5) is 13.3. The number of nitrogens with two attached hydrogens (primary N) is 1. The van der Waals surface area contributed by atoms with Crippen LogP contribution >= 0.6 is 0 Å². The van der Waals surface area contributed by atoms with Crippen molar-refractivity contribution in [3.63, 3.8) is 0 Å². The van der Waals surface area contributed by atoms with Gasteiger partial charge in [0.2, 0.25) is 0 Å². The van der Waals surface area contributed by atoms with Gasteiger partial charge < -0.3 is 24.7 Å². The Balaban J connectivity index is 2.03. The molecule has 6 heteroatoms. The molecule has 154 valence electrons. The van der Waals surface area contributed by atoms with Gasteiger partial charge in [0.05, 0.1) is 19.4 Å². The van der Waals surface area contributed by atoms with Gasteiger partial charge >= 0.3 is 0 Å². The van der Waals surface area contributed by atoms with Crippen LogP contribution in [0, 0.1) is 5.92 Å². The van der Waals surface area contributed by atoms with Crippen molar-refractivity contribution >= 4 is 17.5 Å². The van der Waals surface area contributed by atoms with E-state index in [0.29, 0.717) is 59.6 Å². The van der Waals surface area contributed by atoms with Crippen LogP contribution in [0.2, 0.25) is 0 Å². The number of methoxy groups -OCH3 is 1. The van der Waals surface area contributed by atoms with Crippen LogP contribution in [0.1, 0.15) is 36.7 Å². The van der Waals surface area contributed by atoms with Gasteiger partial charge in [0.25, 0.3) is 0 Å². The van der Waals surface area contributed by atoms with Gasteiger partial charge in [-0.1, -0.05) is 13.8 Å². The number of anilines is 1. The highest BCUT2D eigenvalue weighted by Crippen LogP contribution is 2.38. The van der Waals surface area contributed by atoms with E-state index in [-0.39, 0.29) is 11.7 Å². The first kappa shape index (κ1) is 20.6. The second kappa shape index (κ2) is 8.90. The number of fused-ring (bicyclic) bond motifs is 1. The Hall–Kier alpha value is -3.15. The average Bonchev–Trinajstić information content (AvgIpc) is 2.72. The number of hydrogen-bond acceptors (Lipinski definition) is 6. The van der Waals surface area contributed by atoms with Crippen LogP contribution in [0.3, 0.4) is 0 Å². The highest BCUT2D eigenvalue weighted by Gasteiger charge is 2.20. The second-order valence-corrected chi connectivity index (χ2v) is 7.01. The normalized spacial score (nSPS) is 13.3. The summed E-state index contributed by atoms with van der Waals surface area (Å²) in [5, 5.41) is 0. The number of ketones is 1. The predicted molar refractivity (Wildman–Crippen MR) is 113 cm³/mol. The molecular formula is C23H27NO5. The molecule has 0 spiro atoms. The molecule has 2 aromatic carbocycles. The Bertz CT molecular complexity index is 933. The maximum Gasteiger partial charge on any atom is 0.189 e. The van der Waals surface area contributed by atoms with Crippen LogP contribution in [-0.4, -0.2) is 32.7 Å². The van der Waals surface area contributed by atoms with E-state index in [1.807, 2.05) is 32.9 Å².